The highest BCUT2D eigenvalue weighted by molar-refractivity contribution is 7.33. The van der Waals surface area contributed by atoms with Crippen molar-refractivity contribution in [2.24, 2.45) is 11.5 Å². The highest BCUT2D eigenvalue weighted by Gasteiger charge is 2.02. The molecule has 1 saturated heterocycles. The summed E-state index contributed by atoms with van der Waals surface area (Å²) in [4.78, 5) is 0. The van der Waals surface area contributed by atoms with Crippen LogP contribution in [0.3, 0.4) is 0 Å². The van der Waals surface area contributed by atoms with E-state index >= 15 is 0 Å². The zero-order valence-corrected chi connectivity index (χ0v) is 10.7. The predicted octanol–water partition coefficient (Wildman–Crippen LogP) is -1.10. The lowest BCUT2D eigenvalue weighted by molar-refractivity contribution is 0.198. The van der Waals surface area contributed by atoms with E-state index in [2.05, 4.69) is 5.32 Å². The molecule has 17 heavy (non-hydrogen) atoms. The van der Waals surface area contributed by atoms with Crippen molar-refractivity contribution >= 4 is 25.6 Å². The smallest absolute Gasteiger partial charge is 0.319 e. The number of rotatable bonds is 4. The van der Waals surface area contributed by atoms with E-state index < -0.39 is 8.25 Å². The van der Waals surface area contributed by atoms with Gasteiger partial charge in [0.15, 0.2) is 17.4 Å². The molecule has 1 fully saturated rings. The van der Waals surface area contributed by atoms with E-state index in [1.165, 1.54) is 0 Å². The molecule has 0 saturated carbocycles. The van der Waals surface area contributed by atoms with Gasteiger partial charge in [0.1, 0.15) is 0 Å². The van der Waals surface area contributed by atoms with Crippen LogP contribution in [0, 0.1) is 0 Å². The molecule has 1 aliphatic rings. The van der Waals surface area contributed by atoms with E-state index in [0.29, 0.717) is 26.3 Å². The second-order valence-electron chi connectivity index (χ2n) is 3.33. The monoisotopic (exact) mass is 283 g/mol. The summed E-state index contributed by atoms with van der Waals surface area (Å²) in [7, 11) is -2.10. The van der Waals surface area contributed by atoms with Crippen LogP contribution < -0.4 is 16.8 Å². The van der Waals surface area contributed by atoms with Crippen LogP contribution in [0.2, 0.25) is 0 Å². The second-order valence-corrected chi connectivity index (χ2v) is 4.41. The summed E-state index contributed by atoms with van der Waals surface area (Å²) in [6, 6.07) is 0. The largest absolute Gasteiger partial charge is 0.329 e. The van der Waals surface area contributed by atoms with Gasteiger partial charge in [-0.25, -0.2) is 0 Å². The van der Waals surface area contributed by atoms with Gasteiger partial charge in [0.05, 0.1) is 13.2 Å². The van der Waals surface area contributed by atoms with Crippen molar-refractivity contribution in [1.82, 2.24) is 5.32 Å². The van der Waals surface area contributed by atoms with Crippen LogP contribution >= 0.6 is 8.25 Å². The summed E-state index contributed by atoms with van der Waals surface area (Å²) >= 11 is 0. The molecule has 8 heteroatoms. The Morgan fingerprint density at radius 1 is 1.00 bits per heavy atom. The summed E-state index contributed by atoms with van der Waals surface area (Å²) in [5, 5.41) is 3.03. The van der Waals surface area contributed by atoms with Gasteiger partial charge in [-0.1, -0.05) is 0 Å². The molecule has 0 aromatic heterocycles. The average Bonchev–Trinajstić information content (AvgIpc) is 2.25. The molecule has 1 aliphatic heterocycles. The molecule has 0 atom stereocenters. The molecule has 0 unspecified atom stereocenters. The van der Waals surface area contributed by atoms with Crippen LogP contribution in [0.5, 0.6) is 0 Å². The molecule has 5 N–H and O–H groups in total. The highest BCUT2D eigenvalue weighted by Crippen LogP contribution is 2.26. The maximum absolute atomic E-state index is 10.6. The van der Waals surface area contributed by atoms with Crippen molar-refractivity contribution in [3.8, 4) is 0 Å². The molecular weight excluding hydrogens is 256 g/mol. The van der Waals surface area contributed by atoms with Gasteiger partial charge >= 0.3 is 8.25 Å². The maximum Gasteiger partial charge on any atom is 0.319 e. The summed E-state index contributed by atoms with van der Waals surface area (Å²) in [5.74, 6) is 0. The van der Waals surface area contributed by atoms with Crippen LogP contribution in [0.15, 0.2) is 0 Å². The van der Waals surface area contributed by atoms with Crippen molar-refractivity contribution in [1.29, 1.82) is 0 Å². The fourth-order valence-electron chi connectivity index (χ4n) is 1.06. The molecule has 1 heterocycles. The van der Waals surface area contributed by atoms with Crippen molar-refractivity contribution in [2.45, 2.75) is 19.3 Å². The molecule has 0 aromatic rings. The fourth-order valence-corrected chi connectivity index (χ4v) is 1.77. The second kappa shape index (κ2) is 16.6. The van der Waals surface area contributed by atoms with E-state index in [0.717, 1.165) is 32.4 Å². The van der Waals surface area contributed by atoms with E-state index in [1.807, 2.05) is 0 Å². The third kappa shape index (κ3) is 16.6. The molecule has 0 spiro atoms. The van der Waals surface area contributed by atoms with Crippen molar-refractivity contribution < 1.29 is 13.6 Å². The molecule has 0 amide bonds. The number of nitrogens with one attached hydrogen (secondary N) is 1. The fraction of sp³-hybridized carbons (Fsp3) is 1.00. The minimum absolute atomic E-state index is 0. The summed E-state index contributed by atoms with van der Waals surface area (Å²) in [6.45, 7) is 4.32. The van der Waals surface area contributed by atoms with Gasteiger partial charge in [-0.3, -0.25) is 4.57 Å². The molecule has 0 aliphatic carbocycles. The first-order chi connectivity index (χ1) is 7.81. The number of hydrogen-bond acceptors (Lipinski definition) is 6. The third-order valence-corrected chi connectivity index (χ3v) is 2.75. The number of nitrogens with two attached hydrogens (primary N) is 2. The van der Waals surface area contributed by atoms with Crippen LogP contribution in [0.25, 0.3) is 0 Å². The van der Waals surface area contributed by atoms with Crippen LogP contribution in [-0.2, 0) is 13.6 Å². The highest BCUT2D eigenvalue weighted by atomic mass is 31.1. The van der Waals surface area contributed by atoms with Gasteiger partial charge in [-0.15, -0.1) is 0 Å². The molecular formula is C9H27AlN3O3P. The van der Waals surface area contributed by atoms with Gasteiger partial charge in [-0.05, 0) is 19.3 Å². The van der Waals surface area contributed by atoms with E-state index in [1.54, 1.807) is 0 Å². The standard InChI is InChI=1S/C5H11O3P.C4H13N3.Al.3H/c6-9-7-4-2-1-3-5-8-9;5-1-3-7-4-2-6;;;;/h9H,1-5H2;7H,1-6H2;;;;. The summed E-state index contributed by atoms with van der Waals surface area (Å²) in [5.41, 5.74) is 10.3. The normalized spacial score (nSPS) is 17.1. The Labute approximate surface area is 115 Å². The van der Waals surface area contributed by atoms with Crippen LogP contribution in [-0.4, -0.2) is 56.8 Å². The Morgan fingerprint density at radius 3 is 1.88 bits per heavy atom. The lowest BCUT2D eigenvalue weighted by atomic mass is 10.2. The Kier molecular flexibility index (Phi) is 19.4. The lowest BCUT2D eigenvalue weighted by Crippen LogP contribution is -2.27. The number of hydrogen-bond donors (Lipinski definition) is 3. The Bertz CT molecular complexity index is 164. The van der Waals surface area contributed by atoms with Gasteiger partial charge in [0, 0.05) is 26.2 Å². The predicted molar refractivity (Wildman–Crippen MR) is 75.7 cm³/mol. The first kappa shape index (κ1) is 19.9. The van der Waals surface area contributed by atoms with Gasteiger partial charge in [0.25, 0.3) is 0 Å². The van der Waals surface area contributed by atoms with Crippen LogP contribution in [0.1, 0.15) is 19.3 Å². The average molecular weight is 283 g/mol. The minimum atomic E-state index is -2.10. The van der Waals surface area contributed by atoms with Crippen molar-refractivity contribution in [2.75, 3.05) is 39.4 Å². The lowest BCUT2D eigenvalue weighted by Gasteiger charge is -2.08. The van der Waals surface area contributed by atoms with Gasteiger partial charge < -0.3 is 25.8 Å². The summed E-state index contributed by atoms with van der Waals surface area (Å²) in [6.07, 6.45) is 3.15. The Hall–Kier alpha value is 0.562. The van der Waals surface area contributed by atoms with E-state index in [4.69, 9.17) is 20.5 Å². The topological polar surface area (TPSA) is 99.6 Å². The quantitative estimate of drug-likeness (QED) is 0.344. The zero-order chi connectivity index (χ0) is 12.1. The SMILES string of the molecule is NCCNCCN.O=[PH]1OCCCCCO1.[AlH3]. The van der Waals surface area contributed by atoms with Gasteiger partial charge in [-0.2, -0.15) is 0 Å². The van der Waals surface area contributed by atoms with Crippen molar-refractivity contribution in [3.63, 3.8) is 0 Å². The Morgan fingerprint density at radius 2 is 1.47 bits per heavy atom. The minimum Gasteiger partial charge on any atom is -0.329 e. The molecule has 1 rings (SSSR count). The van der Waals surface area contributed by atoms with Crippen LogP contribution in [0.4, 0.5) is 0 Å². The van der Waals surface area contributed by atoms with E-state index in [-0.39, 0.29) is 17.4 Å². The van der Waals surface area contributed by atoms with Crippen molar-refractivity contribution in [3.05, 3.63) is 0 Å². The maximum atomic E-state index is 10.6. The third-order valence-electron chi connectivity index (χ3n) is 1.87. The first-order valence-electron chi connectivity index (χ1n) is 5.71. The molecule has 0 aromatic carbocycles. The molecule has 0 bridgehead atoms. The first-order valence-corrected chi connectivity index (χ1v) is 6.94. The van der Waals surface area contributed by atoms with Gasteiger partial charge in [0.2, 0.25) is 0 Å². The molecule has 6 nitrogen and oxygen atoms in total. The Balaban J connectivity index is 0. The molecule has 104 valence electrons. The molecule has 0 radical (unpaired) electrons. The summed E-state index contributed by atoms with van der Waals surface area (Å²) < 4.78 is 20.2. The zero-order valence-electron chi connectivity index (χ0n) is 9.74. The van der Waals surface area contributed by atoms with E-state index in [9.17, 15) is 4.57 Å².